The van der Waals surface area contributed by atoms with Crippen molar-refractivity contribution in [3.05, 3.63) is 34.9 Å². The van der Waals surface area contributed by atoms with E-state index in [1.807, 2.05) is 32.0 Å². The number of nitrogens with zero attached hydrogens (tertiary/aromatic N) is 4. The molecule has 1 aliphatic heterocycles. The van der Waals surface area contributed by atoms with Crippen LogP contribution in [-0.4, -0.2) is 55.9 Å². The summed E-state index contributed by atoms with van der Waals surface area (Å²) >= 11 is 6.18. The Bertz CT molecular complexity index is 838. The van der Waals surface area contributed by atoms with E-state index in [0.29, 0.717) is 23.9 Å². The molecule has 9 heteroatoms. The van der Waals surface area contributed by atoms with Crippen molar-refractivity contribution in [3.8, 4) is 5.75 Å². The van der Waals surface area contributed by atoms with Gasteiger partial charge in [-0.15, -0.1) is 0 Å². The van der Waals surface area contributed by atoms with Crippen LogP contribution in [0.15, 0.2) is 27.7 Å². The van der Waals surface area contributed by atoms with Gasteiger partial charge in [-0.2, -0.15) is 4.98 Å². The molecule has 1 aromatic carbocycles. The SMILES string of the molecule is CN=C(NCCc1nc(C(C)C)no1)NC1CCN(c2cc(Cl)ccc2OC)C1. The van der Waals surface area contributed by atoms with Gasteiger partial charge in [-0.1, -0.05) is 30.6 Å². The lowest BCUT2D eigenvalue weighted by molar-refractivity contribution is 0.371. The maximum absolute atomic E-state index is 6.18. The molecule has 0 amide bonds. The zero-order chi connectivity index (χ0) is 20.8. The van der Waals surface area contributed by atoms with E-state index in [4.69, 9.17) is 20.9 Å². The highest BCUT2D eigenvalue weighted by molar-refractivity contribution is 6.30. The van der Waals surface area contributed by atoms with Gasteiger partial charge in [0.2, 0.25) is 5.89 Å². The Morgan fingerprint density at radius 3 is 2.97 bits per heavy atom. The van der Waals surface area contributed by atoms with Gasteiger partial charge in [0, 0.05) is 50.1 Å². The lowest BCUT2D eigenvalue weighted by atomic mass is 10.2. The monoisotopic (exact) mass is 420 g/mol. The molecule has 1 unspecified atom stereocenters. The van der Waals surface area contributed by atoms with Gasteiger partial charge >= 0.3 is 0 Å². The number of aromatic nitrogens is 2. The Kier molecular flexibility index (Phi) is 7.19. The Morgan fingerprint density at radius 1 is 1.45 bits per heavy atom. The highest BCUT2D eigenvalue weighted by Crippen LogP contribution is 2.33. The van der Waals surface area contributed by atoms with Crippen LogP contribution in [0.5, 0.6) is 5.75 Å². The number of hydrogen-bond acceptors (Lipinski definition) is 6. The minimum Gasteiger partial charge on any atom is -0.495 e. The van der Waals surface area contributed by atoms with E-state index < -0.39 is 0 Å². The van der Waals surface area contributed by atoms with Gasteiger partial charge in [-0.3, -0.25) is 4.99 Å². The van der Waals surface area contributed by atoms with Gasteiger partial charge in [-0.25, -0.2) is 0 Å². The molecule has 1 aliphatic rings. The molecule has 8 nitrogen and oxygen atoms in total. The lowest BCUT2D eigenvalue weighted by Crippen LogP contribution is -2.45. The number of methoxy groups -OCH3 is 1. The number of hydrogen-bond donors (Lipinski definition) is 2. The lowest BCUT2D eigenvalue weighted by Gasteiger charge is -2.22. The molecule has 1 saturated heterocycles. The van der Waals surface area contributed by atoms with Crippen LogP contribution in [0.3, 0.4) is 0 Å². The molecule has 3 rings (SSSR count). The number of nitrogens with one attached hydrogen (secondary N) is 2. The second-order valence-corrected chi connectivity index (χ2v) is 7.78. The summed E-state index contributed by atoms with van der Waals surface area (Å²) in [5.74, 6) is 3.23. The van der Waals surface area contributed by atoms with E-state index >= 15 is 0 Å². The van der Waals surface area contributed by atoms with Gasteiger partial charge in [0.1, 0.15) is 5.75 Å². The average Bonchev–Trinajstić information content (AvgIpc) is 3.37. The topological polar surface area (TPSA) is 87.8 Å². The fourth-order valence-electron chi connectivity index (χ4n) is 3.29. The third-order valence-electron chi connectivity index (χ3n) is 4.87. The van der Waals surface area contributed by atoms with Crippen molar-refractivity contribution in [2.24, 2.45) is 4.99 Å². The summed E-state index contributed by atoms with van der Waals surface area (Å²) < 4.78 is 10.8. The molecule has 0 aliphatic carbocycles. The number of halogens is 1. The normalized spacial score (nSPS) is 17.1. The minimum absolute atomic E-state index is 0.262. The average molecular weight is 421 g/mol. The van der Waals surface area contributed by atoms with Crippen LogP contribution in [-0.2, 0) is 6.42 Å². The third-order valence-corrected chi connectivity index (χ3v) is 5.10. The summed E-state index contributed by atoms with van der Waals surface area (Å²) in [5, 5.41) is 11.5. The molecule has 0 radical (unpaired) electrons. The number of ether oxygens (including phenoxy) is 1. The zero-order valence-electron chi connectivity index (χ0n) is 17.4. The number of benzene rings is 1. The van der Waals surface area contributed by atoms with E-state index in [-0.39, 0.29) is 12.0 Å². The van der Waals surface area contributed by atoms with Gasteiger partial charge in [0.15, 0.2) is 11.8 Å². The van der Waals surface area contributed by atoms with Crippen molar-refractivity contribution in [2.75, 3.05) is 38.7 Å². The van der Waals surface area contributed by atoms with Gasteiger partial charge in [-0.05, 0) is 24.6 Å². The molecule has 2 N–H and O–H groups in total. The van der Waals surface area contributed by atoms with Crippen LogP contribution < -0.4 is 20.3 Å². The predicted octanol–water partition coefficient (Wildman–Crippen LogP) is 2.84. The third kappa shape index (κ3) is 5.53. The fourth-order valence-corrected chi connectivity index (χ4v) is 3.45. The maximum Gasteiger partial charge on any atom is 0.228 e. The van der Waals surface area contributed by atoms with E-state index in [1.165, 1.54) is 0 Å². The molecule has 1 atom stereocenters. The number of guanidine groups is 1. The molecule has 29 heavy (non-hydrogen) atoms. The molecule has 1 aromatic heterocycles. The summed E-state index contributed by atoms with van der Waals surface area (Å²) in [6.45, 7) is 6.52. The highest BCUT2D eigenvalue weighted by atomic mass is 35.5. The highest BCUT2D eigenvalue weighted by Gasteiger charge is 2.25. The largest absolute Gasteiger partial charge is 0.495 e. The molecular weight excluding hydrogens is 392 g/mol. The summed E-state index contributed by atoms with van der Waals surface area (Å²) in [6, 6.07) is 5.97. The summed E-state index contributed by atoms with van der Waals surface area (Å²) in [7, 11) is 3.45. The molecule has 2 heterocycles. The van der Waals surface area contributed by atoms with Crippen LogP contribution in [0.25, 0.3) is 0 Å². The number of aliphatic imine (C=N–C) groups is 1. The van der Waals surface area contributed by atoms with Crippen LogP contribution in [0.4, 0.5) is 5.69 Å². The molecule has 0 spiro atoms. The van der Waals surface area contributed by atoms with Crippen molar-refractivity contribution in [2.45, 2.75) is 38.6 Å². The summed E-state index contributed by atoms with van der Waals surface area (Å²) in [5.41, 5.74) is 1.02. The van der Waals surface area contributed by atoms with E-state index in [0.717, 1.165) is 42.7 Å². The van der Waals surface area contributed by atoms with E-state index in [9.17, 15) is 0 Å². The van der Waals surface area contributed by atoms with Crippen LogP contribution in [0.1, 0.15) is 37.9 Å². The second kappa shape index (κ2) is 9.82. The second-order valence-electron chi connectivity index (χ2n) is 7.34. The van der Waals surface area contributed by atoms with E-state index in [1.54, 1.807) is 14.2 Å². The first-order valence-corrected chi connectivity index (χ1v) is 10.3. The van der Waals surface area contributed by atoms with Crippen LogP contribution in [0.2, 0.25) is 5.02 Å². The zero-order valence-corrected chi connectivity index (χ0v) is 18.2. The van der Waals surface area contributed by atoms with Crippen molar-refractivity contribution in [3.63, 3.8) is 0 Å². The molecular formula is C20H29ClN6O2. The Hall–Kier alpha value is -2.48. The standard InChI is InChI=1S/C20H29ClN6O2/c1-13(2)19-25-18(29-26-19)7-9-23-20(22-3)24-15-8-10-27(12-15)16-11-14(21)5-6-17(16)28-4/h5-6,11,13,15H,7-10,12H2,1-4H3,(H2,22,23,24). The first-order valence-electron chi connectivity index (χ1n) is 9.88. The predicted molar refractivity (Wildman–Crippen MR) is 115 cm³/mol. The van der Waals surface area contributed by atoms with Crippen molar-refractivity contribution < 1.29 is 9.26 Å². The Balaban J connectivity index is 1.49. The van der Waals surface area contributed by atoms with Crippen molar-refractivity contribution in [1.82, 2.24) is 20.8 Å². The minimum atomic E-state index is 0.262. The Labute approximate surface area is 176 Å². The van der Waals surface area contributed by atoms with Gasteiger partial charge < -0.3 is 24.8 Å². The molecule has 2 aromatic rings. The molecule has 1 fully saturated rings. The van der Waals surface area contributed by atoms with Gasteiger partial charge in [0.25, 0.3) is 0 Å². The smallest absolute Gasteiger partial charge is 0.228 e. The fraction of sp³-hybridized carbons (Fsp3) is 0.550. The van der Waals surface area contributed by atoms with Crippen LogP contribution in [0, 0.1) is 0 Å². The first kappa shape index (κ1) is 21.2. The van der Waals surface area contributed by atoms with Crippen molar-refractivity contribution in [1.29, 1.82) is 0 Å². The molecule has 158 valence electrons. The molecule has 0 saturated carbocycles. The first-order chi connectivity index (χ1) is 14.0. The van der Waals surface area contributed by atoms with Crippen LogP contribution >= 0.6 is 11.6 Å². The quantitative estimate of drug-likeness (QED) is 0.526. The number of anilines is 1. The van der Waals surface area contributed by atoms with E-state index in [2.05, 4.69) is 30.7 Å². The van der Waals surface area contributed by atoms with Gasteiger partial charge in [0.05, 0.1) is 12.8 Å². The Morgan fingerprint density at radius 2 is 2.28 bits per heavy atom. The summed E-state index contributed by atoms with van der Waals surface area (Å²) in [4.78, 5) is 11.0. The molecule has 0 bridgehead atoms. The summed E-state index contributed by atoms with van der Waals surface area (Å²) in [6.07, 6.45) is 1.65. The van der Waals surface area contributed by atoms with Crippen molar-refractivity contribution >= 4 is 23.2 Å². The maximum atomic E-state index is 6.18. The number of rotatable bonds is 7.